The molecule has 0 aromatic heterocycles. The van der Waals surface area contributed by atoms with E-state index in [1.807, 2.05) is 32.9 Å². The third-order valence-electron chi connectivity index (χ3n) is 4.15. The minimum Gasteiger partial charge on any atom is -0.496 e. The fraction of sp³-hybridized carbons (Fsp3) is 0.562. The van der Waals surface area contributed by atoms with Gasteiger partial charge < -0.3 is 14.8 Å². The minimum absolute atomic E-state index is 0.0773. The first-order valence-electron chi connectivity index (χ1n) is 6.94. The number of hydrogen-bond acceptors (Lipinski definition) is 3. The van der Waals surface area contributed by atoms with Gasteiger partial charge in [0.15, 0.2) is 0 Å². The molecule has 1 saturated carbocycles. The van der Waals surface area contributed by atoms with Crippen LogP contribution in [0, 0.1) is 19.8 Å². The number of hydrogen-bond donors (Lipinski definition) is 1. The molecule has 1 N–H and O–H groups in total. The van der Waals surface area contributed by atoms with Crippen molar-refractivity contribution < 1.29 is 14.3 Å². The molecule has 0 spiro atoms. The summed E-state index contributed by atoms with van der Waals surface area (Å²) >= 11 is 0. The van der Waals surface area contributed by atoms with Gasteiger partial charge in [0.2, 0.25) is 0 Å². The van der Waals surface area contributed by atoms with Crippen LogP contribution in [0.2, 0.25) is 0 Å². The van der Waals surface area contributed by atoms with Gasteiger partial charge in [0, 0.05) is 12.8 Å². The molecule has 1 atom stereocenters. The minimum atomic E-state index is -0.734. The Hall–Kier alpha value is -1.55. The van der Waals surface area contributed by atoms with Crippen molar-refractivity contribution in [1.29, 1.82) is 0 Å². The molecule has 1 aliphatic carbocycles. The maximum atomic E-state index is 12.5. The number of anilines is 1. The molecule has 0 aliphatic heterocycles. The summed E-state index contributed by atoms with van der Waals surface area (Å²) in [6.07, 6.45) is 2.11. The fourth-order valence-electron chi connectivity index (χ4n) is 2.68. The van der Waals surface area contributed by atoms with Crippen LogP contribution in [0.4, 0.5) is 5.69 Å². The third kappa shape index (κ3) is 2.66. The smallest absolute Gasteiger partial charge is 0.256 e. The highest BCUT2D eigenvalue weighted by Gasteiger charge is 2.47. The summed E-state index contributed by atoms with van der Waals surface area (Å²) in [4.78, 5) is 12.5. The van der Waals surface area contributed by atoms with Crippen LogP contribution >= 0.6 is 0 Å². The molecule has 2 rings (SSSR count). The Morgan fingerprint density at radius 2 is 1.80 bits per heavy atom. The number of nitrogens with one attached hydrogen (secondary N) is 1. The monoisotopic (exact) mass is 277 g/mol. The summed E-state index contributed by atoms with van der Waals surface area (Å²) < 4.78 is 10.8. The zero-order chi connectivity index (χ0) is 14.9. The molecule has 1 aliphatic rings. The van der Waals surface area contributed by atoms with Crippen molar-refractivity contribution in [1.82, 2.24) is 0 Å². The first-order valence-corrected chi connectivity index (χ1v) is 6.94. The van der Waals surface area contributed by atoms with E-state index in [-0.39, 0.29) is 5.91 Å². The molecular weight excluding hydrogens is 254 g/mol. The summed E-state index contributed by atoms with van der Waals surface area (Å²) in [5, 5.41) is 2.97. The lowest BCUT2D eigenvalue weighted by molar-refractivity contribution is -0.138. The summed E-state index contributed by atoms with van der Waals surface area (Å²) in [7, 11) is 3.26. The molecule has 0 saturated heterocycles. The van der Waals surface area contributed by atoms with Gasteiger partial charge >= 0.3 is 0 Å². The van der Waals surface area contributed by atoms with Gasteiger partial charge in [-0.25, -0.2) is 0 Å². The van der Waals surface area contributed by atoms with Crippen LogP contribution in [0.3, 0.4) is 0 Å². The van der Waals surface area contributed by atoms with Gasteiger partial charge in [-0.1, -0.05) is 0 Å². The van der Waals surface area contributed by atoms with Crippen LogP contribution in [-0.4, -0.2) is 25.7 Å². The molecule has 0 unspecified atom stereocenters. The summed E-state index contributed by atoms with van der Waals surface area (Å²) in [5.41, 5.74) is 2.07. The number of carbonyl (C=O) groups excluding carboxylic acids is 1. The average molecular weight is 277 g/mol. The molecular formula is C16H23NO3. The summed E-state index contributed by atoms with van der Waals surface area (Å²) in [5.74, 6) is 1.11. The number of ether oxygens (including phenoxy) is 2. The van der Waals surface area contributed by atoms with E-state index >= 15 is 0 Å². The van der Waals surface area contributed by atoms with E-state index in [1.54, 1.807) is 14.2 Å². The zero-order valence-electron chi connectivity index (χ0n) is 12.9. The van der Waals surface area contributed by atoms with Crippen LogP contribution in [0.15, 0.2) is 12.1 Å². The molecule has 110 valence electrons. The second-order valence-corrected chi connectivity index (χ2v) is 5.68. The van der Waals surface area contributed by atoms with Gasteiger partial charge in [-0.05, 0) is 62.8 Å². The predicted octanol–water partition coefficient (Wildman–Crippen LogP) is 3.07. The third-order valence-corrected chi connectivity index (χ3v) is 4.15. The first kappa shape index (κ1) is 14.9. The summed E-state index contributed by atoms with van der Waals surface area (Å²) in [6.45, 7) is 5.80. The van der Waals surface area contributed by atoms with E-state index in [1.165, 1.54) is 0 Å². The molecule has 1 aromatic rings. The Kier molecular flexibility index (Phi) is 4.04. The Morgan fingerprint density at radius 3 is 2.20 bits per heavy atom. The lowest BCUT2D eigenvalue weighted by Crippen LogP contribution is -2.44. The molecule has 0 heterocycles. The molecule has 0 radical (unpaired) electrons. The van der Waals surface area contributed by atoms with E-state index in [2.05, 4.69) is 5.32 Å². The van der Waals surface area contributed by atoms with E-state index in [9.17, 15) is 4.79 Å². The Bertz CT molecular complexity index is 499. The maximum Gasteiger partial charge on any atom is 0.256 e. The number of benzene rings is 1. The van der Waals surface area contributed by atoms with E-state index in [0.29, 0.717) is 5.92 Å². The largest absolute Gasteiger partial charge is 0.496 e. The number of methoxy groups -OCH3 is 2. The highest BCUT2D eigenvalue weighted by atomic mass is 16.5. The number of amides is 1. The van der Waals surface area contributed by atoms with Gasteiger partial charge in [-0.3, -0.25) is 4.79 Å². The first-order chi connectivity index (χ1) is 9.42. The van der Waals surface area contributed by atoms with Gasteiger partial charge in [0.05, 0.1) is 7.11 Å². The van der Waals surface area contributed by atoms with Gasteiger partial charge in [0.25, 0.3) is 5.91 Å². The molecule has 4 heteroatoms. The van der Waals surface area contributed by atoms with E-state index < -0.39 is 5.60 Å². The quantitative estimate of drug-likeness (QED) is 0.899. The Balaban J connectivity index is 2.19. The second-order valence-electron chi connectivity index (χ2n) is 5.68. The van der Waals surface area contributed by atoms with Crippen LogP contribution in [0.5, 0.6) is 5.75 Å². The van der Waals surface area contributed by atoms with Crippen molar-refractivity contribution in [2.45, 2.75) is 39.2 Å². The van der Waals surface area contributed by atoms with Crippen molar-refractivity contribution in [3.05, 3.63) is 23.3 Å². The Labute approximate surface area is 120 Å². The molecule has 1 amide bonds. The zero-order valence-corrected chi connectivity index (χ0v) is 12.9. The van der Waals surface area contributed by atoms with Crippen molar-refractivity contribution >= 4 is 11.6 Å². The SMILES string of the molecule is COc1c(C)cc(NC(=O)[C@@](C)(OC)C2CC2)cc1C. The topological polar surface area (TPSA) is 47.6 Å². The second kappa shape index (κ2) is 5.44. The number of aryl methyl sites for hydroxylation is 2. The van der Waals surface area contributed by atoms with Crippen molar-refractivity contribution in [3.63, 3.8) is 0 Å². The van der Waals surface area contributed by atoms with Crippen LogP contribution in [0.1, 0.15) is 30.9 Å². The van der Waals surface area contributed by atoms with E-state index in [4.69, 9.17) is 9.47 Å². The Morgan fingerprint density at radius 1 is 1.25 bits per heavy atom. The lowest BCUT2D eigenvalue weighted by atomic mass is 9.98. The standard InChI is InChI=1S/C16H23NO3/c1-10-8-13(9-11(2)14(10)19-4)17-15(18)16(3,20-5)12-6-7-12/h8-9,12H,6-7H2,1-5H3,(H,17,18)/t16-/m0/s1. The molecule has 4 nitrogen and oxygen atoms in total. The highest BCUT2D eigenvalue weighted by molar-refractivity contribution is 5.97. The van der Waals surface area contributed by atoms with Crippen molar-refractivity contribution in [3.8, 4) is 5.75 Å². The predicted molar refractivity (Wildman–Crippen MR) is 79.2 cm³/mol. The van der Waals surface area contributed by atoms with Gasteiger partial charge in [0.1, 0.15) is 11.4 Å². The molecule has 1 aromatic carbocycles. The van der Waals surface area contributed by atoms with Crippen LogP contribution in [0.25, 0.3) is 0 Å². The average Bonchev–Trinajstić information content (AvgIpc) is 3.22. The van der Waals surface area contributed by atoms with Crippen LogP contribution in [-0.2, 0) is 9.53 Å². The van der Waals surface area contributed by atoms with Crippen LogP contribution < -0.4 is 10.1 Å². The molecule has 1 fully saturated rings. The van der Waals surface area contributed by atoms with E-state index in [0.717, 1.165) is 35.4 Å². The maximum absolute atomic E-state index is 12.5. The van der Waals surface area contributed by atoms with Crippen molar-refractivity contribution in [2.75, 3.05) is 19.5 Å². The highest BCUT2D eigenvalue weighted by Crippen LogP contribution is 2.42. The molecule has 20 heavy (non-hydrogen) atoms. The number of rotatable bonds is 5. The lowest BCUT2D eigenvalue weighted by Gasteiger charge is -2.27. The fourth-order valence-corrected chi connectivity index (χ4v) is 2.68. The normalized spacial score (nSPS) is 17.4. The van der Waals surface area contributed by atoms with Gasteiger partial charge in [-0.2, -0.15) is 0 Å². The summed E-state index contributed by atoms with van der Waals surface area (Å²) in [6, 6.07) is 3.85. The van der Waals surface area contributed by atoms with Crippen molar-refractivity contribution in [2.24, 2.45) is 5.92 Å². The van der Waals surface area contributed by atoms with Gasteiger partial charge in [-0.15, -0.1) is 0 Å². The molecule has 0 bridgehead atoms. The number of carbonyl (C=O) groups is 1.